The van der Waals surface area contributed by atoms with Gasteiger partial charge in [0, 0.05) is 6.54 Å². The summed E-state index contributed by atoms with van der Waals surface area (Å²) in [5.74, 6) is 0. The molecule has 0 aromatic carbocycles. The summed E-state index contributed by atoms with van der Waals surface area (Å²) in [5, 5.41) is 3.00. The quantitative estimate of drug-likeness (QED) is 0.652. The van der Waals surface area contributed by atoms with E-state index in [0.29, 0.717) is 0 Å². The average Bonchev–Trinajstić information content (AvgIpc) is 2.27. The summed E-state index contributed by atoms with van der Waals surface area (Å²) < 4.78 is 0. The van der Waals surface area contributed by atoms with E-state index in [1.807, 2.05) is 43.5 Å². The summed E-state index contributed by atoms with van der Waals surface area (Å²) in [7, 11) is 1.92. The highest BCUT2D eigenvalue weighted by atomic mass is 14.8. The molecular formula is C14H21N. The minimum absolute atomic E-state index is 0.918. The van der Waals surface area contributed by atoms with Crippen LogP contribution in [-0.2, 0) is 0 Å². The van der Waals surface area contributed by atoms with Crippen molar-refractivity contribution >= 4 is 0 Å². The van der Waals surface area contributed by atoms with Crippen molar-refractivity contribution in [2.45, 2.75) is 0 Å². The predicted octanol–water partition coefficient (Wildman–Crippen LogP) is 3.42. The van der Waals surface area contributed by atoms with Crippen LogP contribution in [0.2, 0.25) is 0 Å². The number of rotatable bonds is 6. The van der Waals surface area contributed by atoms with Gasteiger partial charge < -0.3 is 5.32 Å². The summed E-state index contributed by atoms with van der Waals surface area (Å²) in [6.07, 6.45) is 16.7. The maximum atomic E-state index is 3.54. The number of nitrogens with one attached hydrogen (secondary N) is 1. The van der Waals surface area contributed by atoms with Crippen LogP contribution in [0.25, 0.3) is 0 Å². The van der Waals surface area contributed by atoms with E-state index in [9.17, 15) is 0 Å². The maximum Gasteiger partial charge on any atom is 0.0134 e. The van der Waals surface area contributed by atoms with Crippen molar-refractivity contribution in [3.8, 4) is 0 Å². The number of hydrogen-bond donors (Lipinski definition) is 1. The van der Waals surface area contributed by atoms with Gasteiger partial charge >= 0.3 is 0 Å². The fraction of sp³-hybridized carbons (Fsp3) is 0.143. The lowest BCUT2D eigenvalue weighted by molar-refractivity contribution is 0.920. The Labute approximate surface area is 93.9 Å². The molecule has 1 heteroatoms. The minimum atomic E-state index is 0.918. The second-order valence-corrected chi connectivity index (χ2v) is 2.46. The Bertz CT molecular complexity index is 222. The Kier molecular flexibility index (Phi) is 19.3. The first-order valence-corrected chi connectivity index (χ1v) is 4.82. The third-order valence-corrected chi connectivity index (χ3v) is 1.20. The highest BCUT2D eigenvalue weighted by Crippen LogP contribution is 1.75. The van der Waals surface area contributed by atoms with E-state index < -0.39 is 0 Å². The van der Waals surface area contributed by atoms with E-state index in [1.165, 1.54) is 0 Å². The van der Waals surface area contributed by atoms with Crippen LogP contribution in [0.5, 0.6) is 0 Å². The largest absolute Gasteiger partial charge is 0.316 e. The number of allylic oxidation sites excluding steroid dienone is 8. The van der Waals surface area contributed by atoms with E-state index in [1.54, 1.807) is 18.2 Å². The van der Waals surface area contributed by atoms with E-state index in [4.69, 9.17) is 0 Å². The van der Waals surface area contributed by atoms with Crippen molar-refractivity contribution in [3.63, 3.8) is 0 Å². The summed E-state index contributed by atoms with van der Waals surface area (Å²) in [6, 6.07) is 0. The van der Waals surface area contributed by atoms with Crippen LogP contribution in [0.1, 0.15) is 0 Å². The molecule has 0 saturated heterocycles. The van der Waals surface area contributed by atoms with Crippen LogP contribution in [0.3, 0.4) is 0 Å². The monoisotopic (exact) mass is 203 g/mol. The van der Waals surface area contributed by atoms with E-state index in [-0.39, 0.29) is 0 Å². The average molecular weight is 203 g/mol. The lowest BCUT2D eigenvalue weighted by Crippen LogP contribution is -2.03. The van der Waals surface area contributed by atoms with Crippen molar-refractivity contribution in [1.82, 2.24) is 5.32 Å². The molecule has 0 spiro atoms. The molecular weight excluding hydrogens is 182 g/mol. The summed E-state index contributed by atoms with van der Waals surface area (Å²) in [4.78, 5) is 0. The molecule has 0 unspecified atom stereocenters. The molecule has 0 aromatic heterocycles. The molecule has 0 aromatic rings. The Morgan fingerprint density at radius 3 is 1.67 bits per heavy atom. The first-order valence-electron chi connectivity index (χ1n) is 4.82. The normalized spacial score (nSPS) is 10.2. The van der Waals surface area contributed by atoms with Crippen molar-refractivity contribution < 1.29 is 0 Å². The van der Waals surface area contributed by atoms with Crippen LogP contribution in [0.15, 0.2) is 74.4 Å². The highest BCUT2D eigenvalue weighted by Gasteiger charge is 1.64. The minimum Gasteiger partial charge on any atom is -0.316 e. The summed E-state index contributed by atoms with van der Waals surface area (Å²) in [6.45, 7) is 11.4. The molecule has 0 amide bonds. The van der Waals surface area contributed by atoms with Gasteiger partial charge in [-0.3, -0.25) is 0 Å². The molecule has 0 saturated carbocycles. The van der Waals surface area contributed by atoms with Gasteiger partial charge in [0.15, 0.2) is 0 Å². The van der Waals surface area contributed by atoms with Crippen molar-refractivity contribution in [1.29, 1.82) is 0 Å². The van der Waals surface area contributed by atoms with E-state index in [2.05, 4.69) is 25.1 Å². The van der Waals surface area contributed by atoms with Crippen molar-refractivity contribution in [2.75, 3.05) is 13.6 Å². The Balaban J connectivity index is 0. The van der Waals surface area contributed by atoms with Gasteiger partial charge in [-0.2, -0.15) is 0 Å². The molecule has 1 N–H and O–H groups in total. The van der Waals surface area contributed by atoms with Gasteiger partial charge in [0.05, 0.1) is 0 Å². The number of likely N-dealkylation sites (N-methyl/N-ethyl adjacent to an activating group) is 1. The SMILES string of the molecule is C=C/C=C\C=C.C=C/C=C\C=C/CNC. The fourth-order valence-electron chi connectivity index (χ4n) is 0.564. The van der Waals surface area contributed by atoms with Gasteiger partial charge in [-0.25, -0.2) is 0 Å². The van der Waals surface area contributed by atoms with Gasteiger partial charge in [-0.1, -0.05) is 74.4 Å². The summed E-state index contributed by atoms with van der Waals surface area (Å²) >= 11 is 0. The first-order chi connectivity index (χ1) is 7.33. The highest BCUT2D eigenvalue weighted by molar-refractivity contribution is 5.09. The molecule has 0 heterocycles. The molecule has 15 heavy (non-hydrogen) atoms. The molecule has 82 valence electrons. The first kappa shape index (κ1) is 15.9. The van der Waals surface area contributed by atoms with E-state index >= 15 is 0 Å². The van der Waals surface area contributed by atoms with E-state index in [0.717, 1.165) is 6.54 Å². The van der Waals surface area contributed by atoms with Crippen LogP contribution in [0.4, 0.5) is 0 Å². The zero-order valence-electron chi connectivity index (χ0n) is 9.52. The molecule has 0 aliphatic rings. The van der Waals surface area contributed by atoms with Crippen molar-refractivity contribution in [3.05, 3.63) is 74.4 Å². The van der Waals surface area contributed by atoms with Gasteiger partial charge in [-0.05, 0) is 7.05 Å². The Morgan fingerprint density at radius 1 is 0.800 bits per heavy atom. The molecule has 1 nitrogen and oxygen atoms in total. The summed E-state index contributed by atoms with van der Waals surface area (Å²) in [5.41, 5.74) is 0. The van der Waals surface area contributed by atoms with Crippen molar-refractivity contribution in [2.24, 2.45) is 0 Å². The maximum absolute atomic E-state index is 3.54. The standard InChI is InChI=1S/C8H13N.C6H8/c1-3-4-5-6-7-8-9-2;1-3-5-6-4-2/h3-7,9H,1,8H2,2H3;3-6H,1-2H2/b5-4-,7-6-;6-5-. The second kappa shape index (κ2) is 18.2. The van der Waals surface area contributed by atoms with Gasteiger partial charge in [0.1, 0.15) is 0 Å². The third kappa shape index (κ3) is 24.5. The third-order valence-electron chi connectivity index (χ3n) is 1.20. The molecule has 0 atom stereocenters. The lowest BCUT2D eigenvalue weighted by atomic mass is 10.4. The topological polar surface area (TPSA) is 12.0 Å². The zero-order valence-corrected chi connectivity index (χ0v) is 9.52. The van der Waals surface area contributed by atoms with Crippen LogP contribution < -0.4 is 5.32 Å². The van der Waals surface area contributed by atoms with Gasteiger partial charge in [-0.15, -0.1) is 0 Å². The molecule has 0 aliphatic carbocycles. The zero-order chi connectivity index (χ0) is 11.8. The van der Waals surface area contributed by atoms with Crippen LogP contribution in [0, 0.1) is 0 Å². The Hall–Kier alpha value is -1.60. The second-order valence-electron chi connectivity index (χ2n) is 2.46. The smallest absolute Gasteiger partial charge is 0.0134 e. The lowest BCUT2D eigenvalue weighted by Gasteiger charge is -1.83. The Morgan fingerprint density at radius 2 is 1.27 bits per heavy atom. The molecule has 0 aliphatic heterocycles. The molecule has 0 bridgehead atoms. The van der Waals surface area contributed by atoms with Gasteiger partial charge in [0.25, 0.3) is 0 Å². The predicted molar refractivity (Wildman–Crippen MR) is 71.9 cm³/mol. The fourth-order valence-corrected chi connectivity index (χ4v) is 0.564. The number of hydrogen-bond acceptors (Lipinski definition) is 1. The molecule has 0 radical (unpaired) electrons. The van der Waals surface area contributed by atoms with Crippen LogP contribution in [-0.4, -0.2) is 13.6 Å². The molecule has 0 rings (SSSR count). The van der Waals surface area contributed by atoms with Gasteiger partial charge in [0.2, 0.25) is 0 Å². The van der Waals surface area contributed by atoms with Crippen LogP contribution >= 0.6 is 0 Å². The molecule has 0 fully saturated rings.